The lowest BCUT2D eigenvalue weighted by Gasteiger charge is -2.24. The monoisotopic (exact) mass is 260 g/mol. The standard InChI is InChI=1S/C16H24N2O/c1-10(2)19-15-8-13(17)7-14(9-15)18-16-6-11-3-4-12(16)5-11/h7-12,16,18H,3-6,17H2,1-2H3. The molecule has 0 saturated heterocycles. The summed E-state index contributed by atoms with van der Waals surface area (Å²) < 4.78 is 5.74. The second-order valence-corrected chi connectivity index (χ2v) is 6.38. The molecule has 3 rings (SSSR count). The first kappa shape index (κ1) is 12.6. The lowest BCUT2D eigenvalue weighted by Crippen LogP contribution is -2.25. The van der Waals surface area contributed by atoms with Gasteiger partial charge in [0.25, 0.3) is 0 Å². The molecule has 3 atom stereocenters. The van der Waals surface area contributed by atoms with Crippen LogP contribution in [0.25, 0.3) is 0 Å². The Hall–Kier alpha value is -1.38. The third-order valence-corrected chi connectivity index (χ3v) is 4.39. The highest BCUT2D eigenvalue weighted by Crippen LogP contribution is 2.45. The molecular formula is C16H24N2O. The number of benzene rings is 1. The van der Waals surface area contributed by atoms with Crippen molar-refractivity contribution in [3.8, 4) is 5.75 Å². The quantitative estimate of drug-likeness (QED) is 0.812. The van der Waals surface area contributed by atoms with Crippen molar-refractivity contribution in [1.29, 1.82) is 0 Å². The summed E-state index contributed by atoms with van der Waals surface area (Å²) in [5, 5.41) is 3.67. The molecule has 3 N–H and O–H groups in total. The Kier molecular flexibility index (Phi) is 3.29. The Morgan fingerprint density at radius 1 is 1.21 bits per heavy atom. The van der Waals surface area contributed by atoms with Gasteiger partial charge in [-0.3, -0.25) is 0 Å². The van der Waals surface area contributed by atoms with E-state index >= 15 is 0 Å². The van der Waals surface area contributed by atoms with E-state index in [1.165, 1.54) is 25.7 Å². The first-order chi connectivity index (χ1) is 9.10. The number of ether oxygens (including phenoxy) is 1. The first-order valence-corrected chi connectivity index (χ1v) is 7.44. The molecule has 2 fully saturated rings. The van der Waals surface area contributed by atoms with Crippen LogP contribution >= 0.6 is 0 Å². The van der Waals surface area contributed by atoms with Gasteiger partial charge in [0, 0.05) is 29.5 Å². The summed E-state index contributed by atoms with van der Waals surface area (Å²) in [6.45, 7) is 4.07. The van der Waals surface area contributed by atoms with Crippen molar-refractivity contribution >= 4 is 11.4 Å². The Morgan fingerprint density at radius 3 is 2.68 bits per heavy atom. The highest BCUT2D eigenvalue weighted by Gasteiger charge is 2.39. The highest BCUT2D eigenvalue weighted by molar-refractivity contribution is 5.59. The van der Waals surface area contributed by atoms with Gasteiger partial charge in [-0.1, -0.05) is 6.42 Å². The predicted molar refractivity (Wildman–Crippen MR) is 79.5 cm³/mol. The van der Waals surface area contributed by atoms with Crippen molar-refractivity contribution < 1.29 is 4.74 Å². The van der Waals surface area contributed by atoms with Crippen LogP contribution in [0.5, 0.6) is 5.75 Å². The molecule has 3 nitrogen and oxygen atoms in total. The number of fused-ring (bicyclic) bond motifs is 2. The van der Waals surface area contributed by atoms with Crippen molar-refractivity contribution in [2.45, 2.75) is 51.7 Å². The molecule has 2 aliphatic carbocycles. The van der Waals surface area contributed by atoms with Gasteiger partial charge in [0.15, 0.2) is 0 Å². The minimum Gasteiger partial charge on any atom is -0.491 e. The number of nitrogens with one attached hydrogen (secondary N) is 1. The first-order valence-electron chi connectivity index (χ1n) is 7.44. The molecule has 0 spiro atoms. The van der Waals surface area contributed by atoms with Crippen LogP contribution in [0, 0.1) is 11.8 Å². The summed E-state index contributed by atoms with van der Waals surface area (Å²) in [5.74, 6) is 2.68. The van der Waals surface area contributed by atoms with Crippen LogP contribution in [0.1, 0.15) is 39.5 Å². The zero-order chi connectivity index (χ0) is 13.4. The number of hydrogen-bond donors (Lipinski definition) is 2. The second kappa shape index (κ2) is 4.95. The second-order valence-electron chi connectivity index (χ2n) is 6.38. The number of rotatable bonds is 4. The molecule has 0 radical (unpaired) electrons. The fourth-order valence-electron chi connectivity index (χ4n) is 3.68. The Bertz CT molecular complexity index is 458. The molecule has 0 heterocycles. The maximum absolute atomic E-state index is 5.97. The fourth-order valence-corrected chi connectivity index (χ4v) is 3.68. The van der Waals surface area contributed by atoms with E-state index in [1.54, 1.807) is 0 Å². The molecule has 3 heteroatoms. The van der Waals surface area contributed by atoms with Crippen molar-refractivity contribution in [3.63, 3.8) is 0 Å². The molecule has 1 aromatic carbocycles. The van der Waals surface area contributed by atoms with Gasteiger partial charge in [0.1, 0.15) is 5.75 Å². The summed E-state index contributed by atoms with van der Waals surface area (Å²) in [6, 6.07) is 6.61. The third kappa shape index (κ3) is 2.80. The van der Waals surface area contributed by atoms with E-state index < -0.39 is 0 Å². The van der Waals surface area contributed by atoms with Crippen LogP contribution in [0.3, 0.4) is 0 Å². The van der Waals surface area contributed by atoms with E-state index in [-0.39, 0.29) is 6.10 Å². The van der Waals surface area contributed by atoms with Gasteiger partial charge in [-0.25, -0.2) is 0 Å². The SMILES string of the molecule is CC(C)Oc1cc(N)cc(NC2CC3CCC2C3)c1. The predicted octanol–water partition coefficient (Wildman–Crippen LogP) is 3.66. The number of nitrogen functional groups attached to an aromatic ring is 1. The molecule has 2 saturated carbocycles. The molecule has 0 amide bonds. The van der Waals surface area contributed by atoms with E-state index in [4.69, 9.17) is 10.5 Å². The topological polar surface area (TPSA) is 47.3 Å². The van der Waals surface area contributed by atoms with Crippen LogP contribution in [0.2, 0.25) is 0 Å². The molecule has 3 unspecified atom stereocenters. The van der Waals surface area contributed by atoms with Crippen LogP contribution in [0.15, 0.2) is 18.2 Å². The van der Waals surface area contributed by atoms with Crippen LogP contribution < -0.4 is 15.8 Å². The molecule has 2 aliphatic rings. The summed E-state index contributed by atoms with van der Waals surface area (Å²) in [7, 11) is 0. The lowest BCUT2D eigenvalue weighted by molar-refractivity contribution is 0.242. The zero-order valence-electron chi connectivity index (χ0n) is 11.9. The molecule has 104 valence electrons. The maximum atomic E-state index is 5.97. The fraction of sp³-hybridized carbons (Fsp3) is 0.625. The van der Waals surface area contributed by atoms with E-state index in [2.05, 4.69) is 11.4 Å². The van der Waals surface area contributed by atoms with Crippen molar-refractivity contribution in [1.82, 2.24) is 0 Å². The van der Waals surface area contributed by atoms with E-state index in [9.17, 15) is 0 Å². The molecule has 0 aromatic heterocycles. The van der Waals surface area contributed by atoms with Gasteiger partial charge in [0.05, 0.1) is 6.10 Å². The van der Waals surface area contributed by atoms with E-state index in [0.717, 1.165) is 29.0 Å². The Balaban J connectivity index is 1.71. The van der Waals surface area contributed by atoms with Gasteiger partial charge < -0.3 is 15.8 Å². The van der Waals surface area contributed by atoms with E-state index in [1.807, 2.05) is 26.0 Å². The van der Waals surface area contributed by atoms with Gasteiger partial charge >= 0.3 is 0 Å². The minimum atomic E-state index is 0.178. The van der Waals surface area contributed by atoms with E-state index in [0.29, 0.717) is 6.04 Å². The van der Waals surface area contributed by atoms with Crippen LogP contribution in [-0.4, -0.2) is 12.1 Å². The van der Waals surface area contributed by atoms with Gasteiger partial charge in [-0.2, -0.15) is 0 Å². The molecule has 0 aliphatic heterocycles. The average Bonchev–Trinajstić information content (AvgIpc) is 2.88. The largest absolute Gasteiger partial charge is 0.491 e. The van der Waals surface area contributed by atoms with Crippen molar-refractivity contribution in [2.75, 3.05) is 11.1 Å². The Labute approximate surface area is 115 Å². The normalized spacial score (nSPS) is 28.9. The molecule has 2 bridgehead atoms. The Morgan fingerprint density at radius 2 is 2.05 bits per heavy atom. The highest BCUT2D eigenvalue weighted by atomic mass is 16.5. The average molecular weight is 260 g/mol. The summed E-state index contributed by atoms with van der Waals surface area (Å²) in [4.78, 5) is 0. The third-order valence-electron chi connectivity index (χ3n) is 4.39. The summed E-state index contributed by atoms with van der Waals surface area (Å²) >= 11 is 0. The lowest BCUT2D eigenvalue weighted by atomic mass is 9.95. The van der Waals surface area contributed by atoms with Crippen molar-refractivity contribution in [2.24, 2.45) is 11.8 Å². The van der Waals surface area contributed by atoms with Gasteiger partial charge in [-0.05, 0) is 51.0 Å². The number of anilines is 2. The number of nitrogens with two attached hydrogens (primary N) is 1. The summed E-state index contributed by atoms with van der Waals surface area (Å²) in [5.41, 5.74) is 7.84. The molecule has 1 aromatic rings. The van der Waals surface area contributed by atoms with Gasteiger partial charge in [0.2, 0.25) is 0 Å². The molecular weight excluding hydrogens is 236 g/mol. The smallest absolute Gasteiger partial charge is 0.123 e. The summed E-state index contributed by atoms with van der Waals surface area (Å²) in [6.07, 6.45) is 5.73. The van der Waals surface area contributed by atoms with Crippen LogP contribution in [0.4, 0.5) is 11.4 Å². The van der Waals surface area contributed by atoms with Gasteiger partial charge in [-0.15, -0.1) is 0 Å². The zero-order valence-corrected chi connectivity index (χ0v) is 11.9. The van der Waals surface area contributed by atoms with Crippen LogP contribution in [-0.2, 0) is 0 Å². The number of hydrogen-bond acceptors (Lipinski definition) is 3. The maximum Gasteiger partial charge on any atom is 0.123 e. The molecule has 19 heavy (non-hydrogen) atoms. The minimum absolute atomic E-state index is 0.178. The van der Waals surface area contributed by atoms with Crippen molar-refractivity contribution in [3.05, 3.63) is 18.2 Å².